The van der Waals surface area contributed by atoms with Gasteiger partial charge in [-0.25, -0.2) is 0 Å². The number of para-hydroxylation sites is 1. The molecule has 1 atom stereocenters. The molecule has 1 saturated heterocycles. The predicted octanol–water partition coefficient (Wildman–Crippen LogP) is 2.14. The topological polar surface area (TPSA) is 15.3 Å². The highest BCUT2D eigenvalue weighted by atomic mass is 35.5. The Hall–Kier alpha value is -0.730. The van der Waals surface area contributed by atoms with Crippen molar-refractivity contribution < 1.29 is 0 Å². The third kappa shape index (κ3) is 1.86. The first-order chi connectivity index (χ1) is 6.79. The number of hydrogen-bond donors (Lipinski definition) is 1. The summed E-state index contributed by atoms with van der Waals surface area (Å²) in [6.45, 7) is 2.17. The van der Waals surface area contributed by atoms with Crippen LogP contribution in [0.15, 0.2) is 24.3 Å². The van der Waals surface area contributed by atoms with Crippen molar-refractivity contribution in [2.75, 3.05) is 25.0 Å². The third-order valence-electron chi connectivity index (χ3n) is 2.81. The Morgan fingerprint density at radius 3 is 2.86 bits per heavy atom. The van der Waals surface area contributed by atoms with Crippen LogP contribution in [0, 0.1) is 0 Å². The van der Waals surface area contributed by atoms with Gasteiger partial charge in [0.25, 0.3) is 0 Å². The number of likely N-dealkylation sites (N-methyl/N-ethyl adjacent to an activating group) is 1. The molecule has 0 aromatic heterocycles. The molecule has 76 valence electrons. The molecule has 0 spiro atoms. The van der Waals surface area contributed by atoms with E-state index in [0.29, 0.717) is 6.04 Å². The van der Waals surface area contributed by atoms with Crippen LogP contribution < -0.4 is 10.2 Å². The van der Waals surface area contributed by atoms with Crippen LogP contribution in [0.5, 0.6) is 0 Å². The van der Waals surface area contributed by atoms with Crippen molar-refractivity contribution >= 4 is 17.3 Å². The van der Waals surface area contributed by atoms with Crippen LogP contribution in [0.1, 0.15) is 6.42 Å². The molecule has 1 aliphatic rings. The molecule has 1 unspecified atom stereocenters. The lowest BCUT2D eigenvalue weighted by Crippen LogP contribution is -2.33. The Morgan fingerprint density at radius 1 is 1.43 bits per heavy atom. The van der Waals surface area contributed by atoms with Crippen molar-refractivity contribution in [2.24, 2.45) is 0 Å². The summed E-state index contributed by atoms with van der Waals surface area (Å²) in [7, 11) is 2.11. The van der Waals surface area contributed by atoms with Gasteiger partial charge in [-0.2, -0.15) is 0 Å². The summed E-state index contributed by atoms with van der Waals surface area (Å²) in [5, 5.41) is 4.19. The highest BCUT2D eigenvalue weighted by Gasteiger charge is 2.20. The molecule has 2 nitrogen and oxygen atoms in total. The van der Waals surface area contributed by atoms with Gasteiger partial charge in [0.1, 0.15) is 0 Å². The van der Waals surface area contributed by atoms with E-state index in [0.717, 1.165) is 23.8 Å². The lowest BCUT2D eigenvalue weighted by atomic mass is 10.2. The summed E-state index contributed by atoms with van der Waals surface area (Å²) in [5.74, 6) is 0. The van der Waals surface area contributed by atoms with E-state index in [4.69, 9.17) is 11.6 Å². The fraction of sp³-hybridized carbons (Fsp3) is 0.455. The summed E-state index contributed by atoms with van der Waals surface area (Å²) in [5.41, 5.74) is 1.13. The average molecular weight is 211 g/mol. The molecular formula is C11H15ClN2. The van der Waals surface area contributed by atoms with Crippen molar-refractivity contribution in [3.05, 3.63) is 29.3 Å². The fourth-order valence-corrected chi connectivity index (χ4v) is 2.17. The fourth-order valence-electron chi connectivity index (χ4n) is 1.90. The molecule has 0 aliphatic carbocycles. The van der Waals surface area contributed by atoms with Crippen LogP contribution >= 0.6 is 11.6 Å². The number of halogens is 1. The lowest BCUT2D eigenvalue weighted by Gasteiger charge is -2.26. The third-order valence-corrected chi connectivity index (χ3v) is 3.13. The van der Waals surface area contributed by atoms with Crippen LogP contribution in [-0.4, -0.2) is 26.2 Å². The Morgan fingerprint density at radius 2 is 2.21 bits per heavy atom. The number of anilines is 1. The smallest absolute Gasteiger partial charge is 0.0639 e. The van der Waals surface area contributed by atoms with Gasteiger partial charge >= 0.3 is 0 Å². The first kappa shape index (κ1) is 9.81. The second-order valence-electron chi connectivity index (χ2n) is 3.71. The van der Waals surface area contributed by atoms with Crippen LogP contribution in [0.2, 0.25) is 5.02 Å². The molecule has 0 saturated carbocycles. The summed E-state index contributed by atoms with van der Waals surface area (Å²) in [6, 6.07) is 8.58. The van der Waals surface area contributed by atoms with Gasteiger partial charge in [-0.3, -0.25) is 0 Å². The molecule has 1 fully saturated rings. The predicted molar refractivity (Wildman–Crippen MR) is 61.1 cm³/mol. The molecule has 3 heteroatoms. The Balaban J connectivity index is 2.17. The average Bonchev–Trinajstić information content (AvgIpc) is 2.70. The van der Waals surface area contributed by atoms with Crippen molar-refractivity contribution in [3.8, 4) is 0 Å². The number of rotatable bonds is 2. The van der Waals surface area contributed by atoms with Gasteiger partial charge in [-0.05, 0) is 25.1 Å². The van der Waals surface area contributed by atoms with Crippen molar-refractivity contribution in [1.29, 1.82) is 0 Å². The van der Waals surface area contributed by atoms with E-state index in [1.165, 1.54) is 6.42 Å². The zero-order valence-electron chi connectivity index (χ0n) is 8.33. The van der Waals surface area contributed by atoms with Gasteiger partial charge in [-0.15, -0.1) is 0 Å². The maximum absolute atomic E-state index is 6.14. The Labute approximate surface area is 89.9 Å². The van der Waals surface area contributed by atoms with Crippen molar-refractivity contribution in [1.82, 2.24) is 5.32 Å². The standard InChI is InChI=1S/C11H15ClN2/c1-14(9-6-7-13-8-9)11-5-3-2-4-10(11)12/h2-5,9,13H,6-8H2,1H3. The molecule has 0 radical (unpaired) electrons. The van der Waals surface area contributed by atoms with Gasteiger partial charge in [0.05, 0.1) is 10.7 Å². The van der Waals surface area contributed by atoms with Crippen molar-refractivity contribution in [2.45, 2.75) is 12.5 Å². The van der Waals surface area contributed by atoms with Crippen LogP contribution in [0.3, 0.4) is 0 Å². The van der Waals surface area contributed by atoms with Gasteiger partial charge < -0.3 is 10.2 Å². The zero-order chi connectivity index (χ0) is 9.97. The normalized spacial score (nSPS) is 21.1. The van der Waals surface area contributed by atoms with Gasteiger partial charge in [0.15, 0.2) is 0 Å². The first-order valence-electron chi connectivity index (χ1n) is 4.97. The molecule has 2 rings (SSSR count). The highest BCUT2D eigenvalue weighted by Crippen LogP contribution is 2.26. The molecule has 1 N–H and O–H groups in total. The second kappa shape index (κ2) is 4.20. The molecule has 14 heavy (non-hydrogen) atoms. The highest BCUT2D eigenvalue weighted by molar-refractivity contribution is 6.33. The minimum Gasteiger partial charge on any atom is -0.369 e. The van der Waals surface area contributed by atoms with E-state index in [-0.39, 0.29) is 0 Å². The largest absolute Gasteiger partial charge is 0.369 e. The minimum atomic E-state index is 0.579. The zero-order valence-corrected chi connectivity index (χ0v) is 9.09. The van der Waals surface area contributed by atoms with Gasteiger partial charge in [-0.1, -0.05) is 23.7 Å². The SMILES string of the molecule is CN(c1ccccc1Cl)C1CCNC1. The van der Waals surface area contributed by atoms with E-state index >= 15 is 0 Å². The van der Waals surface area contributed by atoms with Gasteiger partial charge in [0.2, 0.25) is 0 Å². The van der Waals surface area contributed by atoms with Crippen LogP contribution in [0.25, 0.3) is 0 Å². The van der Waals surface area contributed by atoms with E-state index in [9.17, 15) is 0 Å². The molecule has 0 amide bonds. The maximum Gasteiger partial charge on any atom is 0.0639 e. The second-order valence-corrected chi connectivity index (χ2v) is 4.12. The number of nitrogens with one attached hydrogen (secondary N) is 1. The van der Waals surface area contributed by atoms with Crippen molar-refractivity contribution in [3.63, 3.8) is 0 Å². The van der Waals surface area contributed by atoms with Crippen LogP contribution in [0.4, 0.5) is 5.69 Å². The molecule has 1 aromatic carbocycles. The number of benzene rings is 1. The van der Waals surface area contributed by atoms with E-state index in [2.05, 4.69) is 23.3 Å². The first-order valence-corrected chi connectivity index (χ1v) is 5.35. The molecular weight excluding hydrogens is 196 g/mol. The number of hydrogen-bond acceptors (Lipinski definition) is 2. The molecule has 0 bridgehead atoms. The summed E-state index contributed by atoms with van der Waals surface area (Å²) in [4.78, 5) is 2.27. The summed E-state index contributed by atoms with van der Waals surface area (Å²) in [6.07, 6.45) is 1.20. The maximum atomic E-state index is 6.14. The van der Waals surface area contributed by atoms with E-state index < -0.39 is 0 Å². The summed E-state index contributed by atoms with van der Waals surface area (Å²) < 4.78 is 0. The molecule has 1 heterocycles. The van der Waals surface area contributed by atoms with E-state index in [1.807, 2.05) is 18.2 Å². The van der Waals surface area contributed by atoms with Crippen LogP contribution in [-0.2, 0) is 0 Å². The lowest BCUT2D eigenvalue weighted by molar-refractivity contribution is 0.686. The monoisotopic (exact) mass is 210 g/mol. The Kier molecular flexibility index (Phi) is 2.94. The molecule has 1 aromatic rings. The quantitative estimate of drug-likeness (QED) is 0.805. The number of nitrogens with zero attached hydrogens (tertiary/aromatic N) is 1. The minimum absolute atomic E-state index is 0.579. The summed E-state index contributed by atoms with van der Waals surface area (Å²) >= 11 is 6.14. The van der Waals surface area contributed by atoms with E-state index in [1.54, 1.807) is 0 Å². The molecule has 1 aliphatic heterocycles. The van der Waals surface area contributed by atoms with Gasteiger partial charge in [0, 0.05) is 19.6 Å². The Bertz CT molecular complexity index is 308.